The van der Waals surface area contributed by atoms with Crippen molar-refractivity contribution in [1.29, 1.82) is 0 Å². The molecule has 2 aromatic rings. The molecule has 0 radical (unpaired) electrons. The van der Waals surface area contributed by atoms with E-state index in [4.69, 9.17) is 5.11 Å². The molecule has 0 saturated carbocycles. The summed E-state index contributed by atoms with van der Waals surface area (Å²) in [5, 5.41) is 8.66. The largest absolute Gasteiger partial charge is 0.478 e. The lowest BCUT2D eigenvalue weighted by Crippen LogP contribution is -2.31. The van der Waals surface area contributed by atoms with Gasteiger partial charge in [-0.05, 0) is 35.3 Å². The summed E-state index contributed by atoms with van der Waals surface area (Å²) in [6.07, 6.45) is 2.69. The molecule has 0 bridgehead atoms. The Bertz CT molecular complexity index is 855. The van der Waals surface area contributed by atoms with Crippen molar-refractivity contribution in [3.05, 3.63) is 71.8 Å². The zero-order valence-electron chi connectivity index (χ0n) is 14.3. The highest BCUT2D eigenvalue weighted by Gasteiger charge is 2.42. The van der Waals surface area contributed by atoms with Gasteiger partial charge in [-0.1, -0.05) is 49.4 Å². The summed E-state index contributed by atoms with van der Waals surface area (Å²) in [5.74, 6) is -1.86. The first kappa shape index (κ1) is 17.6. The Balaban J connectivity index is 1.80. The Morgan fingerprint density at radius 1 is 1.12 bits per heavy atom. The highest BCUT2D eigenvalue weighted by molar-refractivity contribution is 6.21. The molecule has 1 aliphatic rings. The number of nitrogens with zero attached hydrogens (tertiary/aromatic N) is 1. The van der Waals surface area contributed by atoms with Gasteiger partial charge in [-0.2, -0.15) is 0 Å². The van der Waals surface area contributed by atoms with Gasteiger partial charge < -0.3 is 5.11 Å². The summed E-state index contributed by atoms with van der Waals surface area (Å²) in [6.45, 7) is 1.97. The quantitative estimate of drug-likeness (QED) is 0.662. The van der Waals surface area contributed by atoms with Gasteiger partial charge in [0.2, 0.25) is 11.8 Å². The van der Waals surface area contributed by atoms with Crippen LogP contribution in [0.3, 0.4) is 0 Å². The van der Waals surface area contributed by atoms with Crippen LogP contribution in [0, 0.1) is 5.92 Å². The summed E-state index contributed by atoms with van der Waals surface area (Å²) in [6, 6.07) is 16.4. The normalized spacial score (nSPS) is 18.5. The number of hydrogen-bond acceptors (Lipinski definition) is 3. The van der Waals surface area contributed by atoms with Crippen molar-refractivity contribution in [1.82, 2.24) is 0 Å². The molecule has 5 heteroatoms. The van der Waals surface area contributed by atoms with E-state index in [1.54, 1.807) is 24.3 Å². The maximum absolute atomic E-state index is 12.8. The maximum atomic E-state index is 12.8. The SMILES string of the molecule is CC(c1ccccc1)C1CC(=O)N(c2ccc(C=CC(=O)O)cc2)C1=O. The lowest BCUT2D eigenvalue weighted by atomic mass is 9.86. The molecule has 2 aromatic carbocycles. The van der Waals surface area contributed by atoms with E-state index in [1.807, 2.05) is 37.3 Å². The van der Waals surface area contributed by atoms with Crippen LogP contribution in [0.25, 0.3) is 6.08 Å². The minimum absolute atomic E-state index is 0.0459. The summed E-state index contributed by atoms with van der Waals surface area (Å²) < 4.78 is 0. The maximum Gasteiger partial charge on any atom is 0.328 e. The first-order valence-corrected chi connectivity index (χ1v) is 8.40. The van der Waals surface area contributed by atoms with Crippen molar-refractivity contribution < 1.29 is 19.5 Å². The topological polar surface area (TPSA) is 74.7 Å². The number of hydrogen-bond donors (Lipinski definition) is 1. The summed E-state index contributed by atoms with van der Waals surface area (Å²) in [7, 11) is 0. The number of carbonyl (C=O) groups is 3. The Morgan fingerprint density at radius 3 is 2.38 bits per heavy atom. The molecule has 1 fully saturated rings. The van der Waals surface area contributed by atoms with Crippen molar-refractivity contribution in [3.8, 4) is 0 Å². The Morgan fingerprint density at radius 2 is 1.77 bits per heavy atom. The van der Waals surface area contributed by atoms with Crippen LogP contribution in [0.5, 0.6) is 0 Å². The molecule has 2 amide bonds. The van der Waals surface area contributed by atoms with Gasteiger partial charge in [0, 0.05) is 12.5 Å². The van der Waals surface area contributed by atoms with Gasteiger partial charge in [0.15, 0.2) is 0 Å². The van der Waals surface area contributed by atoms with E-state index in [2.05, 4.69) is 0 Å². The van der Waals surface area contributed by atoms with Gasteiger partial charge in [0.05, 0.1) is 11.6 Å². The van der Waals surface area contributed by atoms with Crippen LogP contribution in [0.2, 0.25) is 0 Å². The fourth-order valence-corrected chi connectivity index (χ4v) is 3.21. The molecule has 3 rings (SSSR count). The van der Waals surface area contributed by atoms with Crippen LogP contribution in [0.15, 0.2) is 60.7 Å². The molecule has 1 saturated heterocycles. The fourth-order valence-electron chi connectivity index (χ4n) is 3.21. The van der Waals surface area contributed by atoms with Crippen molar-refractivity contribution in [2.45, 2.75) is 19.3 Å². The average molecular weight is 349 g/mol. The van der Waals surface area contributed by atoms with Gasteiger partial charge in [-0.15, -0.1) is 0 Å². The smallest absolute Gasteiger partial charge is 0.328 e. The first-order valence-electron chi connectivity index (χ1n) is 8.40. The lowest BCUT2D eigenvalue weighted by Gasteiger charge is -2.19. The lowest BCUT2D eigenvalue weighted by molar-refractivity contribution is -0.131. The number of rotatable bonds is 5. The monoisotopic (exact) mass is 349 g/mol. The molecule has 1 heterocycles. The Labute approximate surface area is 151 Å². The predicted molar refractivity (Wildman–Crippen MR) is 98.6 cm³/mol. The molecule has 1 aliphatic heterocycles. The second kappa shape index (κ2) is 7.35. The van der Waals surface area contributed by atoms with Gasteiger partial charge >= 0.3 is 5.97 Å². The molecule has 0 aromatic heterocycles. The van der Waals surface area contributed by atoms with Crippen molar-refractivity contribution in [3.63, 3.8) is 0 Å². The molecule has 5 nitrogen and oxygen atoms in total. The molecule has 26 heavy (non-hydrogen) atoms. The van der Waals surface area contributed by atoms with Gasteiger partial charge in [0.1, 0.15) is 0 Å². The minimum atomic E-state index is -1.03. The van der Waals surface area contributed by atoms with Crippen LogP contribution >= 0.6 is 0 Å². The molecule has 0 spiro atoms. The number of amides is 2. The van der Waals surface area contributed by atoms with Crippen LogP contribution in [0.1, 0.15) is 30.4 Å². The third-order valence-corrected chi connectivity index (χ3v) is 4.68. The van der Waals surface area contributed by atoms with Crippen LogP contribution in [-0.2, 0) is 14.4 Å². The number of benzene rings is 2. The van der Waals surface area contributed by atoms with Gasteiger partial charge in [-0.25, -0.2) is 4.79 Å². The third kappa shape index (κ3) is 3.57. The van der Waals surface area contributed by atoms with E-state index in [1.165, 1.54) is 11.0 Å². The number of carboxylic acid groups (broad SMARTS) is 1. The molecule has 2 unspecified atom stereocenters. The highest BCUT2D eigenvalue weighted by Crippen LogP contribution is 2.35. The van der Waals surface area contributed by atoms with Crippen LogP contribution in [-0.4, -0.2) is 22.9 Å². The van der Waals surface area contributed by atoms with E-state index in [-0.39, 0.29) is 30.1 Å². The zero-order valence-corrected chi connectivity index (χ0v) is 14.3. The van der Waals surface area contributed by atoms with Crippen molar-refractivity contribution in [2.75, 3.05) is 4.90 Å². The van der Waals surface area contributed by atoms with Crippen LogP contribution in [0.4, 0.5) is 5.69 Å². The Hall–Kier alpha value is -3.21. The van der Waals surface area contributed by atoms with E-state index >= 15 is 0 Å². The Kier molecular flexibility index (Phi) is 4.98. The zero-order chi connectivity index (χ0) is 18.7. The fraction of sp³-hybridized carbons (Fsp3) is 0.190. The number of aliphatic carboxylic acids is 1. The number of carbonyl (C=O) groups excluding carboxylic acids is 2. The minimum Gasteiger partial charge on any atom is -0.478 e. The van der Waals surface area contributed by atoms with Gasteiger partial charge in [-0.3, -0.25) is 14.5 Å². The van der Waals surface area contributed by atoms with Crippen LogP contribution < -0.4 is 4.90 Å². The summed E-state index contributed by atoms with van der Waals surface area (Å²) in [4.78, 5) is 37.1. The molecular weight excluding hydrogens is 330 g/mol. The average Bonchev–Trinajstić information content (AvgIpc) is 2.95. The predicted octanol–water partition coefficient (Wildman–Crippen LogP) is 3.47. The van der Waals surface area contributed by atoms with E-state index in [0.29, 0.717) is 11.3 Å². The molecule has 1 N–H and O–H groups in total. The van der Waals surface area contributed by atoms with E-state index < -0.39 is 5.97 Å². The van der Waals surface area contributed by atoms with Gasteiger partial charge in [0.25, 0.3) is 0 Å². The van der Waals surface area contributed by atoms with E-state index in [0.717, 1.165) is 11.6 Å². The highest BCUT2D eigenvalue weighted by atomic mass is 16.4. The summed E-state index contributed by atoms with van der Waals surface area (Å²) in [5.41, 5.74) is 2.23. The third-order valence-electron chi connectivity index (χ3n) is 4.68. The molecule has 132 valence electrons. The van der Waals surface area contributed by atoms with Crippen molar-refractivity contribution >= 4 is 29.5 Å². The first-order chi connectivity index (χ1) is 12.5. The summed E-state index contributed by atoms with van der Waals surface area (Å²) >= 11 is 0. The molecule has 2 atom stereocenters. The number of imide groups is 1. The van der Waals surface area contributed by atoms with E-state index in [9.17, 15) is 14.4 Å². The standard InChI is InChI=1S/C21H19NO4/c1-14(16-5-3-2-4-6-16)18-13-19(23)22(21(18)26)17-10-7-15(8-11-17)9-12-20(24)25/h2-12,14,18H,13H2,1H3,(H,24,25). The number of carboxylic acids is 1. The second-order valence-electron chi connectivity index (χ2n) is 6.34. The molecule has 0 aliphatic carbocycles. The second-order valence-corrected chi connectivity index (χ2v) is 6.34. The number of anilines is 1. The molecular formula is C21H19NO4. The van der Waals surface area contributed by atoms with Crippen molar-refractivity contribution in [2.24, 2.45) is 5.92 Å².